The number of nitrogens with one attached hydrogen (secondary N) is 1. The molecule has 0 saturated carbocycles. The van der Waals surface area contributed by atoms with Gasteiger partial charge in [0.2, 0.25) is 0 Å². The van der Waals surface area contributed by atoms with Gasteiger partial charge in [-0.15, -0.1) is 0 Å². The van der Waals surface area contributed by atoms with Gasteiger partial charge in [0, 0.05) is 13.1 Å². The monoisotopic (exact) mass is 295 g/mol. The van der Waals surface area contributed by atoms with E-state index in [0.29, 0.717) is 0 Å². The summed E-state index contributed by atoms with van der Waals surface area (Å²) in [6, 6.07) is 3.33. The topological polar surface area (TPSA) is 48.4 Å². The Kier molecular flexibility index (Phi) is 5.67. The van der Waals surface area contributed by atoms with Crippen LogP contribution >= 0.6 is 0 Å². The van der Waals surface area contributed by atoms with Crippen LogP contribution in [0.15, 0.2) is 18.3 Å². The number of nitrogens with zero attached hydrogens (tertiary/aromatic N) is 2. The third-order valence-electron chi connectivity index (χ3n) is 4.05. The quantitative estimate of drug-likeness (QED) is 0.844. The maximum Gasteiger partial charge on any atom is 0.141 e. The van der Waals surface area contributed by atoms with E-state index < -0.39 is 5.60 Å². The van der Waals surface area contributed by atoms with Crippen molar-refractivity contribution in [3.63, 3.8) is 0 Å². The molecule has 0 spiro atoms. The molecular weight excluding hydrogens is 269 g/mol. The Balaban J connectivity index is 1.92. The molecule has 1 aliphatic rings. The Hall–Kier alpha value is -1.04. The van der Waals surface area contributed by atoms with E-state index in [1.54, 1.807) is 6.07 Å². The van der Waals surface area contributed by atoms with Gasteiger partial charge in [-0.3, -0.25) is 4.98 Å². The molecule has 1 aliphatic heterocycles. The number of aromatic nitrogens is 1. The van der Waals surface area contributed by atoms with Gasteiger partial charge in [-0.05, 0) is 51.4 Å². The summed E-state index contributed by atoms with van der Waals surface area (Å²) in [7, 11) is 0. The Labute approximate surface area is 126 Å². The van der Waals surface area contributed by atoms with E-state index in [1.807, 2.05) is 6.92 Å². The van der Waals surface area contributed by atoms with Crippen molar-refractivity contribution < 1.29 is 9.50 Å². The summed E-state index contributed by atoms with van der Waals surface area (Å²) >= 11 is 0. The van der Waals surface area contributed by atoms with E-state index in [2.05, 4.69) is 22.1 Å². The molecule has 0 radical (unpaired) electrons. The average Bonchev–Trinajstić information content (AvgIpc) is 2.43. The minimum Gasteiger partial charge on any atom is -0.389 e. The van der Waals surface area contributed by atoms with E-state index in [9.17, 15) is 9.50 Å². The molecule has 2 unspecified atom stereocenters. The van der Waals surface area contributed by atoms with Crippen LogP contribution in [0.1, 0.15) is 44.8 Å². The predicted molar refractivity (Wildman–Crippen MR) is 81.5 cm³/mol. The van der Waals surface area contributed by atoms with Crippen LogP contribution in [-0.2, 0) is 0 Å². The first-order chi connectivity index (χ1) is 10.00. The Morgan fingerprint density at radius 3 is 2.95 bits per heavy atom. The summed E-state index contributed by atoms with van der Waals surface area (Å²) in [5.74, 6) is -0.305. The van der Waals surface area contributed by atoms with Gasteiger partial charge >= 0.3 is 0 Å². The number of hydrogen-bond donors (Lipinski definition) is 2. The van der Waals surface area contributed by atoms with E-state index >= 15 is 0 Å². The molecule has 2 heterocycles. The third-order valence-corrected chi connectivity index (χ3v) is 4.05. The van der Waals surface area contributed by atoms with E-state index in [-0.39, 0.29) is 11.9 Å². The standard InChI is InChI=1S/C16H26FN3O/c1-3-18-15(14-6-5-13(17)11-19-14)7-10-20-9-4-8-16(2,21)12-20/h5-6,11,15,18,21H,3-4,7-10,12H2,1-2H3. The second kappa shape index (κ2) is 7.29. The molecule has 0 bridgehead atoms. The van der Waals surface area contributed by atoms with Gasteiger partial charge in [0.25, 0.3) is 0 Å². The minimum absolute atomic E-state index is 0.127. The number of β-amino-alcohol motifs (C(OH)–C–C–N with tert-alkyl or cyclic N) is 1. The van der Waals surface area contributed by atoms with Gasteiger partial charge in [0.1, 0.15) is 5.82 Å². The fourth-order valence-electron chi connectivity index (χ4n) is 3.02. The smallest absolute Gasteiger partial charge is 0.141 e. The van der Waals surface area contributed by atoms with Crippen molar-refractivity contribution in [2.45, 2.75) is 44.8 Å². The predicted octanol–water partition coefficient (Wildman–Crippen LogP) is 2.11. The zero-order chi connectivity index (χ0) is 15.3. The third kappa shape index (κ3) is 5.02. The molecule has 2 rings (SSSR count). The van der Waals surface area contributed by atoms with E-state index in [1.165, 1.54) is 12.3 Å². The number of likely N-dealkylation sites (tertiary alicyclic amines) is 1. The Morgan fingerprint density at radius 2 is 2.33 bits per heavy atom. The number of aliphatic hydroxyl groups is 1. The molecule has 0 aliphatic carbocycles. The molecule has 0 amide bonds. The average molecular weight is 295 g/mol. The zero-order valence-electron chi connectivity index (χ0n) is 13.0. The molecule has 118 valence electrons. The number of halogens is 1. The van der Waals surface area contributed by atoms with Crippen LogP contribution in [0.25, 0.3) is 0 Å². The number of hydrogen-bond acceptors (Lipinski definition) is 4. The Bertz CT molecular complexity index is 436. The highest BCUT2D eigenvalue weighted by Crippen LogP contribution is 2.22. The molecule has 1 saturated heterocycles. The largest absolute Gasteiger partial charge is 0.389 e. The molecular formula is C16H26FN3O. The Morgan fingerprint density at radius 1 is 1.52 bits per heavy atom. The van der Waals surface area contributed by atoms with Crippen molar-refractivity contribution in [2.75, 3.05) is 26.2 Å². The molecule has 5 heteroatoms. The van der Waals surface area contributed by atoms with Crippen molar-refractivity contribution in [3.05, 3.63) is 29.8 Å². The summed E-state index contributed by atoms with van der Waals surface area (Å²) in [6.07, 6.45) is 4.08. The van der Waals surface area contributed by atoms with Gasteiger partial charge in [0.15, 0.2) is 0 Å². The molecule has 1 fully saturated rings. The highest BCUT2D eigenvalue weighted by Gasteiger charge is 2.28. The van der Waals surface area contributed by atoms with Crippen LogP contribution in [0.3, 0.4) is 0 Å². The van der Waals surface area contributed by atoms with Crippen molar-refractivity contribution in [2.24, 2.45) is 0 Å². The van der Waals surface area contributed by atoms with Crippen molar-refractivity contribution in [1.82, 2.24) is 15.2 Å². The van der Waals surface area contributed by atoms with E-state index in [4.69, 9.17) is 0 Å². The summed E-state index contributed by atoms with van der Waals surface area (Å²) in [5.41, 5.74) is 0.307. The van der Waals surface area contributed by atoms with Crippen LogP contribution in [0.5, 0.6) is 0 Å². The second-order valence-electron chi connectivity index (χ2n) is 6.18. The number of pyridine rings is 1. The van der Waals surface area contributed by atoms with Crippen LogP contribution < -0.4 is 5.32 Å². The van der Waals surface area contributed by atoms with Crippen LogP contribution in [0.4, 0.5) is 4.39 Å². The highest BCUT2D eigenvalue weighted by molar-refractivity contribution is 5.10. The first-order valence-corrected chi connectivity index (χ1v) is 7.80. The lowest BCUT2D eigenvalue weighted by Gasteiger charge is -2.37. The van der Waals surface area contributed by atoms with Crippen LogP contribution in [0, 0.1) is 5.82 Å². The molecule has 1 aromatic rings. The lowest BCUT2D eigenvalue weighted by molar-refractivity contribution is -0.0164. The maximum atomic E-state index is 13.0. The minimum atomic E-state index is -0.569. The summed E-state index contributed by atoms with van der Waals surface area (Å²) in [4.78, 5) is 6.49. The van der Waals surface area contributed by atoms with Gasteiger partial charge in [0.05, 0.1) is 23.5 Å². The summed E-state index contributed by atoms with van der Waals surface area (Å²) in [5, 5.41) is 13.6. The lowest BCUT2D eigenvalue weighted by Crippen LogP contribution is -2.46. The van der Waals surface area contributed by atoms with E-state index in [0.717, 1.165) is 51.1 Å². The SMILES string of the molecule is CCNC(CCN1CCCC(C)(O)C1)c1ccc(F)cn1. The highest BCUT2D eigenvalue weighted by atomic mass is 19.1. The van der Waals surface area contributed by atoms with Crippen LogP contribution in [0.2, 0.25) is 0 Å². The van der Waals surface area contributed by atoms with Crippen LogP contribution in [-0.4, -0.2) is 46.8 Å². The normalized spacial score (nSPS) is 25.0. The number of rotatable bonds is 6. The zero-order valence-corrected chi connectivity index (χ0v) is 13.0. The molecule has 21 heavy (non-hydrogen) atoms. The second-order valence-corrected chi connectivity index (χ2v) is 6.18. The molecule has 2 N–H and O–H groups in total. The molecule has 0 aromatic carbocycles. The number of piperidine rings is 1. The first-order valence-electron chi connectivity index (χ1n) is 7.80. The molecule has 1 aromatic heterocycles. The summed E-state index contributed by atoms with van der Waals surface area (Å²) < 4.78 is 13.0. The molecule has 4 nitrogen and oxygen atoms in total. The fourth-order valence-corrected chi connectivity index (χ4v) is 3.02. The lowest BCUT2D eigenvalue weighted by atomic mass is 9.95. The van der Waals surface area contributed by atoms with Crippen molar-refractivity contribution in [3.8, 4) is 0 Å². The van der Waals surface area contributed by atoms with Crippen molar-refractivity contribution in [1.29, 1.82) is 0 Å². The summed E-state index contributed by atoms with van der Waals surface area (Å²) in [6.45, 7) is 7.48. The molecule has 2 atom stereocenters. The van der Waals surface area contributed by atoms with Gasteiger partial charge in [-0.1, -0.05) is 6.92 Å². The van der Waals surface area contributed by atoms with Gasteiger partial charge in [-0.2, -0.15) is 0 Å². The van der Waals surface area contributed by atoms with Gasteiger partial charge < -0.3 is 15.3 Å². The fraction of sp³-hybridized carbons (Fsp3) is 0.688. The van der Waals surface area contributed by atoms with Crippen molar-refractivity contribution >= 4 is 0 Å². The van der Waals surface area contributed by atoms with Gasteiger partial charge in [-0.25, -0.2) is 4.39 Å². The first kappa shape index (κ1) is 16.3. The maximum absolute atomic E-state index is 13.0.